The first-order chi connectivity index (χ1) is 13.5. The molecule has 1 saturated heterocycles. The normalized spacial score (nSPS) is 19.4. The fraction of sp³-hybridized carbons (Fsp3) is 0.381. The Balaban J connectivity index is 1.52. The molecule has 6 nitrogen and oxygen atoms in total. The third-order valence-electron chi connectivity index (χ3n) is 5.54. The fourth-order valence-electron chi connectivity index (χ4n) is 4.05. The lowest BCUT2D eigenvalue weighted by Gasteiger charge is -2.23. The molecule has 2 aromatic carbocycles. The number of nitrogens with one attached hydrogen (secondary N) is 1. The highest BCUT2D eigenvalue weighted by atomic mass is 32.2. The molecule has 1 aliphatic heterocycles. The summed E-state index contributed by atoms with van der Waals surface area (Å²) in [7, 11) is -2.21. The molecule has 1 N–H and O–H groups in total. The van der Waals surface area contributed by atoms with E-state index in [1.54, 1.807) is 12.1 Å². The molecule has 0 saturated carbocycles. The van der Waals surface area contributed by atoms with Crippen molar-refractivity contribution in [1.29, 1.82) is 0 Å². The van der Waals surface area contributed by atoms with Crippen LogP contribution in [0.5, 0.6) is 5.75 Å². The molecule has 1 heterocycles. The number of benzene rings is 2. The molecule has 1 fully saturated rings. The number of carbonyl (C=O) groups excluding carboxylic acids is 1. The first-order valence-corrected chi connectivity index (χ1v) is 11.0. The maximum Gasteiger partial charge on any atom is 0.243 e. The monoisotopic (exact) mass is 400 g/mol. The van der Waals surface area contributed by atoms with Gasteiger partial charge in [0.25, 0.3) is 0 Å². The van der Waals surface area contributed by atoms with Crippen LogP contribution in [0.4, 0.5) is 5.69 Å². The number of methoxy groups -OCH3 is 1. The highest BCUT2D eigenvalue weighted by Gasteiger charge is 2.39. The van der Waals surface area contributed by atoms with E-state index in [0.717, 1.165) is 24.9 Å². The minimum Gasteiger partial charge on any atom is -0.497 e. The third kappa shape index (κ3) is 3.52. The Bertz CT molecular complexity index is 986. The van der Waals surface area contributed by atoms with Crippen molar-refractivity contribution in [3.05, 3.63) is 53.6 Å². The minimum absolute atomic E-state index is 0.172. The van der Waals surface area contributed by atoms with Crippen molar-refractivity contribution in [2.45, 2.75) is 43.0 Å². The van der Waals surface area contributed by atoms with Gasteiger partial charge in [-0.1, -0.05) is 6.07 Å². The number of ether oxygens (including phenoxy) is 1. The topological polar surface area (TPSA) is 75.7 Å². The van der Waals surface area contributed by atoms with Gasteiger partial charge in [0.15, 0.2) is 0 Å². The Morgan fingerprint density at radius 3 is 2.57 bits per heavy atom. The maximum atomic E-state index is 13.1. The largest absolute Gasteiger partial charge is 0.497 e. The van der Waals surface area contributed by atoms with Crippen LogP contribution in [0.25, 0.3) is 0 Å². The van der Waals surface area contributed by atoms with Crippen molar-refractivity contribution < 1.29 is 17.9 Å². The second kappa shape index (κ2) is 7.56. The molecule has 2 aliphatic rings. The molecule has 7 heteroatoms. The number of hydrogen-bond acceptors (Lipinski definition) is 4. The lowest BCUT2D eigenvalue weighted by molar-refractivity contribution is -0.119. The molecule has 1 aliphatic carbocycles. The highest BCUT2D eigenvalue weighted by molar-refractivity contribution is 7.89. The van der Waals surface area contributed by atoms with Gasteiger partial charge in [0.1, 0.15) is 11.8 Å². The average molecular weight is 401 g/mol. The molecule has 2 aromatic rings. The van der Waals surface area contributed by atoms with Crippen molar-refractivity contribution in [2.75, 3.05) is 19.0 Å². The summed E-state index contributed by atoms with van der Waals surface area (Å²) in [5.41, 5.74) is 3.34. The summed E-state index contributed by atoms with van der Waals surface area (Å²) in [6.45, 7) is 0.344. The van der Waals surface area contributed by atoms with E-state index in [4.69, 9.17) is 4.74 Å². The molecule has 1 atom stereocenters. The van der Waals surface area contributed by atoms with E-state index in [1.165, 1.54) is 34.7 Å². The minimum atomic E-state index is -3.74. The molecule has 4 rings (SSSR count). The van der Waals surface area contributed by atoms with Gasteiger partial charge in [-0.2, -0.15) is 4.31 Å². The van der Waals surface area contributed by atoms with E-state index in [-0.39, 0.29) is 10.8 Å². The van der Waals surface area contributed by atoms with Crippen LogP contribution >= 0.6 is 0 Å². The lowest BCUT2D eigenvalue weighted by atomic mass is 10.1. The zero-order valence-corrected chi connectivity index (χ0v) is 16.7. The Labute approximate surface area is 165 Å². The highest BCUT2D eigenvalue weighted by Crippen LogP contribution is 2.29. The summed E-state index contributed by atoms with van der Waals surface area (Å²) < 4.78 is 32.5. The van der Waals surface area contributed by atoms with E-state index in [0.29, 0.717) is 25.1 Å². The average Bonchev–Trinajstić information content (AvgIpc) is 3.37. The van der Waals surface area contributed by atoms with Gasteiger partial charge in [-0.3, -0.25) is 4.79 Å². The molecule has 0 unspecified atom stereocenters. The number of aryl methyl sites for hydroxylation is 2. The standard InChI is InChI=1S/C21H24N2O4S/c1-27-18-9-11-19(12-10-18)28(25,26)23-13-3-6-20(23)21(24)22-17-8-7-15-4-2-5-16(15)14-17/h7-12,14,20H,2-6,13H2,1H3,(H,22,24)/t20-/m0/s1. The SMILES string of the molecule is COc1ccc(S(=O)(=O)N2CCC[C@H]2C(=O)Nc2ccc3c(c2)CCC3)cc1. The number of anilines is 1. The molecule has 0 bridgehead atoms. The predicted molar refractivity (Wildman–Crippen MR) is 107 cm³/mol. The van der Waals surface area contributed by atoms with Crippen LogP contribution in [0.2, 0.25) is 0 Å². The fourth-order valence-corrected chi connectivity index (χ4v) is 5.70. The lowest BCUT2D eigenvalue weighted by Crippen LogP contribution is -2.43. The second-order valence-corrected chi connectivity index (χ2v) is 9.17. The van der Waals surface area contributed by atoms with E-state index in [1.807, 2.05) is 12.1 Å². The van der Waals surface area contributed by atoms with Crippen LogP contribution < -0.4 is 10.1 Å². The van der Waals surface area contributed by atoms with Crippen molar-refractivity contribution in [2.24, 2.45) is 0 Å². The van der Waals surface area contributed by atoms with Crippen molar-refractivity contribution in [3.63, 3.8) is 0 Å². The van der Waals surface area contributed by atoms with Crippen LogP contribution in [0, 0.1) is 0 Å². The van der Waals surface area contributed by atoms with Crippen molar-refractivity contribution >= 4 is 21.6 Å². The van der Waals surface area contributed by atoms with E-state index in [9.17, 15) is 13.2 Å². The van der Waals surface area contributed by atoms with Crippen LogP contribution in [-0.2, 0) is 27.7 Å². The van der Waals surface area contributed by atoms with Crippen LogP contribution in [0.3, 0.4) is 0 Å². The summed E-state index contributed by atoms with van der Waals surface area (Å²) in [6.07, 6.45) is 4.44. The quantitative estimate of drug-likeness (QED) is 0.837. The molecule has 0 aromatic heterocycles. The number of rotatable bonds is 5. The summed E-state index contributed by atoms with van der Waals surface area (Å²) in [5, 5.41) is 2.92. The van der Waals surface area contributed by atoms with Gasteiger partial charge in [-0.05, 0) is 79.6 Å². The predicted octanol–water partition coefficient (Wildman–Crippen LogP) is 2.98. The first kappa shape index (κ1) is 19.0. The van der Waals surface area contributed by atoms with Gasteiger partial charge < -0.3 is 10.1 Å². The molecule has 0 radical (unpaired) electrons. The second-order valence-electron chi connectivity index (χ2n) is 7.28. The molecular weight excluding hydrogens is 376 g/mol. The maximum absolute atomic E-state index is 13.1. The summed E-state index contributed by atoms with van der Waals surface area (Å²) in [4.78, 5) is 13.0. The van der Waals surface area contributed by atoms with Gasteiger partial charge in [0.2, 0.25) is 15.9 Å². The number of nitrogens with zero attached hydrogens (tertiary/aromatic N) is 1. The van der Waals surface area contributed by atoms with Crippen LogP contribution in [0.15, 0.2) is 47.4 Å². The summed E-state index contributed by atoms with van der Waals surface area (Å²) in [5.74, 6) is 0.318. The molecule has 0 spiro atoms. The van der Waals surface area contributed by atoms with Crippen LogP contribution in [0.1, 0.15) is 30.4 Å². The Morgan fingerprint density at radius 2 is 1.82 bits per heavy atom. The Kier molecular flexibility index (Phi) is 5.12. The summed E-state index contributed by atoms with van der Waals surface area (Å²) >= 11 is 0. The number of amides is 1. The Morgan fingerprint density at radius 1 is 1.07 bits per heavy atom. The van der Waals surface area contributed by atoms with E-state index in [2.05, 4.69) is 11.4 Å². The smallest absolute Gasteiger partial charge is 0.243 e. The van der Waals surface area contributed by atoms with E-state index >= 15 is 0 Å². The first-order valence-electron chi connectivity index (χ1n) is 9.57. The zero-order chi connectivity index (χ0) is 19.7. The van der Waals surface area contributed by atoms with E-state index < -0.39 is 16.1 Å². The van der Waals surface area contributed by atoms with Gasteiger partial charge in [-0.15, -0.1) is 0 Å². The van der Waals surface area contributed by atoms with Gasteiger partial charge >= 0.3 is 0 Å². The third-order valence-corrected chi connectivity index (χ3v) is 7.46. The molecular formula is C21H24N2O4S. The molecule has 28 heavy (non-hydrogen) atoms. The number of fused-ring (bicyclic) bond motifs is 1. The van der Waals surface area contributed by atoms with Gasteiger partial charge in [-0.25, -0.2) is 8.42 Å². The number of hydrogen-bond donors (Lipinski definition) is 1. The summed E-state index contributed by atoms with van der Waals surface area (Å²) in [6, 6.07) is 11.5. The van der Waals surface area contributed by atoms with Gasteiger partial charge in [0, 0.05) is 12.2 Å². The van der Waals surface area contributed by atoms with Crippen LogP contribution in [-0.4, -0.2) is 38.3 Å². The number of sulfonamides is 1. The Hall–Kier alpha value is -2.38. The number of carbonyl (C=O) groups is 1. The van der Waals surface area contributed by atoms with Gasteiger partial charge in [0.05, 0.1) is 12.0 Å². The zero-order valence-electron chi connectivity index (χ0n) is 15.8. The van der Waals surface area contributed by atoms with Crippen molar-refractivity contribution in [3.8, 4) is 5.75 Å². The van der Waals surface area contributed by atoms with Crippen molar-refractivity contribution in [1.82, 2.24) is 4.31 Å². The molecule has 1 amide bonds. The molecule has 148 valence electrons.